The summed E-state index contributed by atoms with van der Waals surface area (Å²) in [6, 6.07) is 22.1. The van der Waals surface area contributed by atoms with Crippen molar-refractivity contribution in [2.24, 2.45) is 0 Å². The summed E-state index contributed by atoms with van der Waals surface area (Å²) in [6.07, 6.45) is 35.6. The van der Waals surface area contributed by atoms with Gasteiger partial charge in [0.05, 0.1) is 0 Å². The third-order valence-corrected chi connectivity index (χ3v) is 12.4. The average Bonchev–Trinajstić information content (AvgIpc) is 3.75. The van der Waals surface area contributed by atoms with Crippen LogP contribution in [0.25, 0.3) is 0 Å². The Balaban J connectivity index is 0.000000479. The van der Waals surface area contributed by atoms with Crippen LogP contribution < -0.4 is 10.6 Å². The van der Waals surface area contributed by atoms with E-state index in [1.165, 1.54) is 22.2 Å². The standard InChI is InChI=1S/C29H27P2.C5H5.Fe/c1-23(30(24-17-8-9-18-24)25-19-10-11-20-25)28-21-12-22-29(28)31(26-13-4-2-5-14-26)27-15-6-3-7-16-27;1-2-4-5-3-1;/h2-25H,1H3;1-5H;/q;;+2/t23-;;/m1../s1. The SMILES string of the molecule is C[C@H]([C]1[CH][CH][CH][C]1P(c1ccccc1)c1ccccc1)P(C1C=CC=C1)C1C=CC=C1.[CH]1[CH][CH][CH][CH]1.[Fe+2]. The van der Waals surface area contributed by atoms with Gasteiger partial charge in [0.2, 0.25) is 0 Å². The Kier molecular flexibility index (Phi) is 11.5. The molecule has 10 radical (unpaired) electrons. The molecule has 1 atom stereocenters. The minimum absolute atomic E-state index is 0. The zero-order valence-corrected chi connectivity index (χ0v) is 23.9. The fraction of sp³-hybridized carbons (Fsp3) is 0.118. The largest absolute Gasteiger partial charge is 2.00 e. The van der Waals surface area contributed by atoms with Gasteiger partial charge in [-0.2, -0.15) is 0 Å². The predicted molar refractivity (Wildman–Crippen MR) is 160 cm³/mol. The summed E-state index contributed by atoms with van der Waals surface area (Å²) in [5.74, 6) is 1.53. The van der Waals surface area contributed by atoms with E-state index >= 15 is 0 Å². The van der Waals surface area contributed by atoms with E-state index in [2.05, 4.69) is 135 Å². The van der Waals surface area contributed by atoms with E-state index in [0.29, 0.717) is 17.0 Å². The molecule has 0 nitrogen and oxygen atoms in total. The number of rotatable bonds is 7. The van der Waals surface area contributed by atoms with Gasteiger partial charge >= 0.3 is 17.1 Å². The summed E-state index contributed by atoms with van der Waals surface area (Å²) in [4.78, 5) is 0. The minimum Gasteiger partial charge on any atom is -0.0811 e. The molecule has 2 aromatic carbocycles. The smallest absolute Gasteiger partial charge is 0.0811 e. The monoisotopic (exact) mass is 558 g/mol. The van der Waals surface area contributed by atoms with Crippen LogP contribution in [-0.4, -0.2) is 17.0 Å². The van der Waals surface area contributed by atoms with Crippen molar-refractivity contribution in [2.45, 2.75) is 23.9 Å². The van der Waals surface area contributed by atoms with E-state index in [4.69, 9.17) is 0 Å². The Hall–Kier alpha value is -1.22. The second kappa shape index (κ2) is 14.8. The van der Waals surface area contributed by atoms with Crippen molar-refractivity contribution in [3.63, 3.8) is 0 Å². The summed E-state index contributed by atoms with van der Waals surface area (Å²) < 4.78 is 0. The zero-order valence-electron chi connectivity index (χ0n) is 21.0. The maximum Gasteiger partial charge on any atom is 2.00 e. The molecule has 0 amide bonds. The molecular formula is C34H32FeP2+2. The van der Waals surface area contributed by atoms with Gasteiger partial charge in [-0.15, -0.1) is 0 Å². The molecule has 4 aliphatic rings. The van der Waals surface area contributed by atoms with Crippen LogP contribution >= 0.6 is 15.8 Å². The molecule has 37 heavy (non-hydrogen) atoms. The van der Waals surface area contributed by atoms with Crippen LogP contribution in [-0.2, 0) is 17.1 Å². The van der Waals surface area contributed by atoms with Crippen molar-refractivity contribution in [1.82, 2.24) is 0 Å². The Morgan fingerprint density at radius 3 is 1.43 bits per heavy atom. The van der Waals surface area contributed by atoms with E-state index < -0.39 is 7.92 Å². The Bertz CT molecular complexity index is 955. The first-order chi connectivity index (χ1) is 17.8. The van der Waals surface area contributed by atoms with Crippen molar-refractivity contribution in [3.05, 3.63) is 172 Å². The number of allylic oxidation sites excluding steroid dienone is 8. The van der Waals surface area contributed by atoms with Gasteiger partial charge in [0, 0.05) is 17.0 Å². The van der Waals surface area contributed by atoms with Crippen molar-refractivity contribution < 1.29 is 17.1 Å². The topological polar surface area (TPSA) is 0 Å². The number of hydrogen-bond donors (Lipinski definition) is 0. The van der Waals surface area contributed by atoms with Crippen LogP contribution in [0, 0.1) is 62.9 Å². The van der Waals surface area contributed by atoms with Gasteiger partial charge < -0.3 is 0 Å². The van der Waals surface area contributed by atoms with Crippen LogP contribution in [0.5, 0.6) is 0 Å². The van der Waals surface area contributed by atoms with Crippen LogP contribution in [0.2, 0.25) is 0 Å². The van der Waals surface area contributed by atoms with Crippen molar-refractivity contribution in [3.8, 4) is 0 Å². The molecule has 0 aliphatic heterocycles. The van der Waals surface area contributed by atoms with E-state index in [1.807, 2.05) is 32.1 Å². The van der Waals surface area contributed by atoms with E-state index in [1.54, 1.807) is 0 Å². The van der Waals surface area contributed by atoms with Gasteiger partial charge in [0.25, 0.3) is 0 Å². The molecule has 2 saturated carbocycles. The Morgan fingerprint density at radius 1 is 0.568 bits per heavy atom. The van der Waals surface area contributed by atoms with Crippen LogP contribution in [0.1, 0.15) is 6.92 Å². The summed E-state index contributed by atoms with van der Waals surface area (Å²) >= 11 is 0. The van der Waals surface area contributed by atoms with Gasteiger partial charge in [-0.3, -0.25) is 0 Å². The Labute approximate surface area is 238 Å². The summed E-state index contributed by atoms with van der Waals surface area (Å²) in [5.41, 5.74) is 3.13. The van der Waals surface area contributed by atoms with Crippen molar-refractivity contribution in [2.75, 3.05) is 0 Å². The molecule has 0 spiro atoms. The maximum absolute atomic E-state index is 2.47. The van der Waals surface area contributed by atoms with Crippen LogP contribution in [0.3, 0.4) is 0 Å². The van der Waals surface area contributed by atoms with Gasteiger partial charge in [-0.25, -0.2) is 0 Å². The first-order valence-electron chi connectivity index (χ1n) is 12.6. The van der Waals surface area contributed by atoms with Gasteiger partial charge in [-0.05, 0) is 81.5 Å². The van der Waals surface area contributed by atoms with E-state index in [9.17, 15) is 0 Å². The second-order valence-electron chi connectivity index (χ2n) is 8.98. The predicted octanol–water partition coefficient (Wildman–Crippen LogP) is 7.73. The van der Waals surface area contributed by atoms with Crippen molar-refractivity contribution >= 4 is 26.5 Å². The zero-order chi connectivity index (χ0) is 24.6. The first-order valence-corrected chi connectivity index (χ1v) is 15.5. The molecule has 6 rings (SSSR count). The van der Waals surface area contributed by atoms with E-state index in [0.717, 1.165) is 0 Å². The van der Waals surface area contributed by atoms with Gasteiger partial charge in [-0.1, -0.05) is 124 Å². The third kappa shape index (κ3) is 7.25. The molecule has 0 aromatic heterocycles. The normalized spacial score (nSPS) is 20.6. The number of hydrogen-bond acceptors (Lipinski definition) is 0. The first kappa shape index (κ1) is 28.8. The van der Waals surface area contributed by atoms with Gasteiger partial charge in [0.1, 0.15) is 0 Å². The molecule has 184 valence electrons. The third-order valence-electron chi connectivity index (χ3n) is 6.69. The fourth-order valence-electron chi connectivity index (χ4n) is 5.00. The summed E-state index contributed by atoms with van der Waals surface area (Å²) in [5, 5.41) is 2.85. The molecule has 0 heterocycles. The molecule has 0 bridgehead atoms. The molecule has 2 aromatic rings. The molecule has 3 heteroatoms. The van der Waals surface area contributed by atoms with E-state index in [-0.39, 0.29) is 25.0 Å². The van der Waals surface area contributed by atoms with Crippen LogP contribution in [0.4, 0.5) is 0 Å². The maximum atomic E-state index is 2.47. The minimum atomic E-state index is -0.573. The molecule has 0 saturated heterocycles. The molecule has 0 unspecified atom stereocenters. The molecule has 0 N–H and O–H groups in total. The number of benzene rings is 2. The second-order valence-corrected chi connectivity index (χ2v) is 14.0. The summed E-state index contributed by atoms with van der Waals surface area (Å²) in [7, 11) is -0.863. The van der Waals surface area contributed by atoms with Crippen LogP contribution in [0.15, 0.2) is 109 Å². The molecule has 4 aliphatic carbocycles. The van der Waals surface area contributed by atoms with Gasteiger partial charge in [0.15, 0.2) is 0 Å². The van der Waals surface area contributed by atoms with Crippen molar-refractivity contribution in [1.29, 1.82) is 0 Å². The Morgan fingerprint density at radius 2 is 1.00 bits per heavy atom. The molecule has 2 fully saturated rings. The quantitative estimate of drug-likeness (QED) is 0.241. The summed E-state index contributed by atoms with van der Waals surface area (Å²) in [6.45, 7) is 2.47. The average molecular weight is 558 g/mol. The molecular weight excluding hydrogens is 526 g/mol. The fourth-order valence-corrected chi connectivity index (χ4v) is 10.8.